The third-order valence-electron chi connectivity index (χ3n) is 5.98. The molecule has 0 aliphatic carbocycles. The van der Waals surface area contributed by atoms with Crippen LogP contribution in [0, 0.1) is 0 Å². The molecule has 4 rings (SSSR count). The lowest BCUT2D eigenvalue weighted by Gasteiger charge is -2.47. The van der Waals surface area contributed by atoms with Crippen LogP contribution in [0.5, 0.6) is 5.75 Å². The molecule has 1 aromatic carbocycles. The van der Waals surface area contributed by atoms with E-state index in [-0.39, 0.29) is 11.5 Å². The van der Waals surface area contributed by atoms with Crippen molar-refractivity contribution in [3.63, 3.8) is 0 Å². The quantitative estimate of drug-likeness (QED) is 0.896. The number of nitrogens with zero attached hydrogens (tertiary/aromatic N) is 1. The van der Waals surface area contributed by atoms with Gasteiger partial charge in [0.15, 0.2) is 0 Å². The van der Waals surface area contributed by atoms with Gasteiger partial charge in [-0.05, 0) is 18.9 Å². The van der Waals surface area contributed by atoms with Crippen molar-refractivity contribution in [3.8, 4) is 5.75 Å². The second-order valence-corrected chi connectivity index (χ2v) is 7.64. The normalized spacial score (nSPS) is 26.1. The summed E-state index contributed by atoms with van der Waals surface area (Å²) in [5.41, 5.74) is 1.12. The van der Waals surface area contributed by atoms with E-state index in [1.165, 1.54) is 5.56 Å². The first-order chi connectivity index (χ1) is 12.2. The molecule has 1 amide bonds. The Kier molecular flexibility index (Phi) is 4.69. The van der Waals surface area contributed by atoms with Crippen molar-refractivity contribution in [2.45, 2.75) is 56.7 Å². The molecule has 1 spiro atoms. The Labute approximate surface area is 149 Å². The standard InChI is InChI=1S/C20H28N2O3/c1-15(23)22-10-8-20(9-11-22)14-18(21-16-6-12-24-13-7-16)17-4-2-3-5-19(17)25-20/h2-5,16,18,21H,6-14H2,1H3/t18-/m0/s1. The lowest BCUT2D eigenvalue weighted by atomic mass is 9.80. The first kappa shape index (κ1) is 16.9. The van der Waals surface area contributed by atoms with Crippen molar-refractivity contribution in [2.75, 3.05) is 26.3 Å². The van der Waals surface area contributed by atoms with Gasteiger partial charge in [0.25, 0.3) is 0 Å². The van der Waals surface area contributed by atoms with Gasteiger partial charge in [0, 0.05) is 70.1 Å². The zero-order valence-electron chi connectivity index (χ0n) is 15.0. The fourth-order valence-corrected chi connectivity index (χ4v) is 4.45. The van der Waals surface area contributed by atoms with Crippen LogP contribution in [0.2, 0.25) is 0 Å². The molecule has 5 heteroatoms. The number of amides is 1. The molecule has 2 saturated heterocycles. The highest BCUT2D eigenvalue weighted by atomic mass is 16.5. The Morgan fingerprint density at radius 1 is 1.20 bits per heavy atom. The number of hydrogen-bond acceptors (Lipinski definition) is 4. The second-order valence-electron chi connectivity index (χ2n) is 7.64. The Morgan fingerprint density at radius 2 is 1.92 bits per heavy atom. The summed E-state index contributed by atoms with van der Waals surface area (Å²) in [6.07, 6.45) is 4.95. The summed E-state index contributed by atoms with van der Waals surface area (Å²) in [4.78, 5) is 13.6. The summed E-state index contributed by atoms with van der Waals surface area (Å²) in [5, 5.41) is 3.88. The van der Waals surface area contributed by atoms with E-state index in [4.69, 9.17) is 9.47 Å². The summed E-state index contributed by atoms with van der Waals surface area (Å²) in [6, 6.07) is 9.25. The maximum atomic E-state index is 11.7. The van der Waals surface area contributed by atoms with E-state index in [1.807, 2.05) is 11.0 Å². The fraction of sp³-hybridized carbons (Fsp3) is 0.650. The van der Waals surface area contributed by atoms with Gasteiger partial charge in [0.05, 0.1) is 0 Å². The van der Waals surface area contributed by atoms with Crippen LogP contribution >= 0.6 is 0 Å². The van der Waals surface area contributed by atoms with E-state index in [9.17, 15) is 4.79 Å². The second kappa shape index (κ2) is 6.96. The van der Waals surface area contributed by atoms with Crippen LogP contribution in [0.15, 0.2) is 24.3 Å². The first-order valence-corrected chi connectivity index (χ1v) is 9.52. The van der Waals surface area contributed by atoms with E-state index < -0.39 is 0 Å². The minimum absolute atomic E-state index is 0.150. The lowest BCUT2D eigenvalue weighted by molar-refractivity contribution is -0.133. The number of hydrogen-bond donors (Lipinski definition) is 1. The smallest absolute Gasteiger partial charge is 0.219 e. The minimum Gasteiger partial charge on any atom is -0.487 e. The SMILES string of the molecule is CC(=O)N1CCC2(CC1)C[C@H](NC1CCOCC1)c1ccccc1O2. The first-order valence-electron chi connectivity index (χ1n) is 9.52. The molecule has 0 aromatic heterocycles. The van der Waals surface area contributed by atoms with E-state index in [1.54, 1.807) is 6.92 Å². The van der Waals surface area contributed by atoms with Crippen molar-refractivity contribution in [1.29, 1.82) is 0 Å². The average molecular weight is 344 g/mol. The Bertz CT molecular complexity index is 619. The van der Waals surface area contributed by atoms with Crippen molar-refractivity contribution >= 4 is 5.91 Å². The number of likely N-dealkylation sites (tertiary alicyclic amines) is 1. The number of carbonyl (C=O) groups excluding carboxylic acids is 1. The predicted molar refractivity (Wildman–Crippen MR) is 95.6 cm³/mol. The molecule has 25 heavy (non-hydrogen) atoms. The molecular weight excluding hydrogens is 316 g/mol. The van der Waals surface area contributed by atoms with Gasteiger partial charge in [0.1, 0.15) is 11.4 Å². The Hall–Kier alpha value is -1.59. The molecule has 0 saturated carbocycles. The van der Waals surface area contributed by atoms with Crippen molar-refractivity contribution in [2.24, 2.45) is 0 Å². The summed E-state index contributed by atoms with van der Waals surface area (Å²) < 4.78 is 12.0. The maximum Gasteiger partial charge on any atom is 0.219 e. The van der Waals surface area contributed by atoms with Gasteiger partial charge in [-0.2, -0.15) is 0 Å². The van der Waals surface area contributed by atoms with Gasteiger partial charge in [-0.3, -0.25) is 4.79 Å². The number of rotatable bonds is 2. The summed E-state index contributed by atoms with van der Waals surface area (Å²) in [7, 11) is 0. The monoisotopic (exact) mass is 344 g/mol. The molecule has 0 unspecified atom stereocenters. The molecule has 1 aromatic rings. The topological polar surface area (TPSA) is 50.8 Å². The molecule has 3 aliphatic heterocycles. The van der Waals surface area contributed by atoms with Gasteiger partial charge in [0.2, 0.25) is 5.91 Å². The van der Waals surface area contributed by atoms with Crippen LogP contribution in [0.1, 0.15) is 50.6 Å². The van der Waals surface area contributed by atoms with E-state index in [2.05, 4.69) is 23.5 Å². The van der Waals surface area contributed by atoms with E-state index in [0.29, 0.717) is 12.1 Å². The highest BCUT2D eigenvalue weighted by molar-refractivity contribution is 5.73. The van der Waals surface area contributed by atoms with Gasteiger partial charge in [-0.15, -0.1) is 0 Å². The predicted octanol–water partition coefficient (Wildman–Crippen LogP) is 2.66. The van der Waals surface area contributed by atoms with Crippen LogP contribution in [-0.2, 0) is 9.53 Å². The minimum atomic E-state index is -0.150. The van der Waals surface area contributed by atoms with Gasteiger partial charge in [-0.1, -0.05) is 18.2 Å². The molecule has 1 N–H and O–H groups in total. The lowest BCUT2D eigenvalue weighted by Crippen LogP contribution is -2.53. The van der Waals surface area contributed by atoms with Crippen LogP contribution in [0.25, 0.3) is 0 Å². The highest BCUT2D eigenvalue weighted by Gasteiger charge is 2.44. The van der Waals surface area contributed by atoms with Gasteiger partial charge in [-0.25, -0.2) is 0 Å². The molecular formula is C20H28N2O3. The van der Waals surface area contributed by atoms with Crippen molar-refractivity contribution in [3.05, 3.63) is 29.8 Å². The summed E-state index contributed by atoms with van der Waals surface area (Å²) >= 11 is 0. The number of fused-ring (bicyclic) bond motifs is 1. The number of para-hydroxylation sites is 1. The maximum absolute atomic E-state index is 11.7. The molecule has 1 atom stereocenters. The Balaban J connectivity index is 1.53. The molecule has 0 radical (unpaired) electrons. The van der Waals surface area contributed by atoms with Gasteiger partial charge < -0.3 is 19.7 Å². The van der Waals surface area contributed by atoms with Crippen LogP contribution in [0.4, 0.5) is 0 Å². The number of piperidine rings is 1. The van der Waals surface area contributed by atoms with Crippen LogP contribution in [-0.4, -0.2) is 48.8 Å². The van der Waals surface area contributed by atoms with E-state index >= 15 is 0 Å². The number of nitrogens with one attached hydrogen (secondary N) is 1. The molecule has 3 aliphatic rings. The van der Waals surface area contributed by atoms with Gasteiger partial charge >= 0.3 is 0 Å². The van der Waals surface area contributed by atoms with Crippen molar-refractivity contribution in [1.82, 2.24) is 10.2 Å². The summed E-state index contributed by atoms with van der Waals surface area (Å²) in [6.45, 7) is 4.94. The van der Waals surface area contributed by atoms with Crippen LogP contribution in [0.3, 0.4) is 0 Å². The molecule has 3 heterocycles. The highest BCUT2D eigenvalue weighted by Crippen LogP contribution is 2.44. The zero-order chi connectivity index (χ0) is 17.3. The van der Waals surface area contributed by atoms with E-state index in [0.717, 1.165) is 64.2 Å². The Morgan fingerprint density at radius 3 is 2.64 bits per heavy atom. The molecule has 136 valence electrons. The third kappa shape index (κ3) is 3.53. The largest absolute Gasteiger partial charge is 0.487 e. The zero-order valence-corrected chi connectivity index (χ0v) is 15.0. The number of carbonyl (C=O) groups is 1. The molecule has 0 bridgehead atoms. The van der Waals surface area contributed by atoms with Crippen LogP contribution < -0.4 is 10.1 Å². The fourth-order valence-electron chi connectivity index (χ4n) is 4.45. The molecule has 2 fully saturated rings. The third-order valence-corrected chi connectivity index (χ3v) is 5.98. The number of ether oxygens (including phenoxy) is 2. The van der Waals surface area contributed by atoms with Crippen molar-refractivity contribution < 1.29 is 14.3 Å². The molecule has 5 nitrogen and oxygen atoms in total. The number of benzene rings is 1. The average Bonchev–Trinajstić information content (AvgIpc) is 2.63. The summed E-state index contributed by atoms with van der Waals surface area (Å²) in [5.74, 6) is 1.18.